The van der Waals surface area contributed by atoms with E-state index in [2.05, 4.69) is 15.3 Å². The Bertz CT molecular complexity index is 729. The second-order valence-electron chi connectivity index (χ2n) is 5.15. The fourth-order valence-electron chi connectivity index (χ4n) is 1.84. The highest BCUT2D eigenvalue weighted by Gasteiger charge is 2.18. The molecule has 122 valence electrons. The summed E-state index contributed by atoms with van der Waals surface area (Å²) in [5.74, 6) is -0.182. The van der Waals surface area contributed by atoms with Gasteiger partial charge < -0.3 is 5.32 Å². The molecule has 0 fully saturated rings. The Kier molecular flexibility index (Phi) is 5.89. The monoisotopic (exact) mass is 369 g/mol. The highest BCUT2D eigenvalue weighted by atomic mass is 35.5. The number of halogens is 2. The van der Waals surface area contributed by atoms with Crippen molar-refractivity contribution in [3.8, 4) is 0 Å². The number of nitrogens with zero attached hydrogens (tertiary/aromatic N) is 2. The number of amides is 1. The molecule has 0 radical (unpaired) electrons. The lowest BCUT2D eigenvalue weighted by molar-refractivity contribution is -0.115. The van der Waals surface area contributed by atoms with Crippen LogP contribution in [0.3, 0.4) is 0 Å². The molecule has 0 saturated carbocycles. The van der Waals surface area contributed by atoms with Crippen LogP contribution in [0.15, 0.2) is 23.4 Å². The third-order valence-corrected chi connectivity index (χ3v) is 5.25. The summed E-state index contributed by atoms with van der Waals surface area (Å²) in [4.78, 5) is 21.2. The first-order chi connectivity index (χ1) is 10.8. The Labute approximate surface area is 150 Å². The zero-order valence-corrected chi connectivity index (χ0v) is 15.6. The summed E-state index contributed by atoms with van der Waals surface area (Å²) < 4.78 is 0. The molecule has 0 saturated heterocycles. The minimum absolute atomic E-state index is 0.182. The standard InChI is InChI=1S/C16H17Cl2N3OS/c1-8-9(2)19-16(20-10(8)3)23-11(4)15(22)21-13-7-5-6-12(17)14(13)18/h5-7,11H,1-4H3,(H,21,22). The van der Waals surface area contributed by atoms with Crippen LogP contribution >= 0.6 is 35.0 Å². The topological polar surface area (TPSA) is 54.9 Å². The molecule has 1 atom stereocenters. The van der Waals surface area contributed by atoms with E-state index >= 15 is 0 Å². The fraction of sp³-hybridized carbons (Fsp3) is 0.312. The van der Waals surface area contributed by atoms with Gasteiger partial charge in [0.25, 0.3) is 0 Å². The molecule has 0 bridgehead atoms. The average Bonchev–Trinajstić information content (AvgIpc) is 2.49. The lowest BCUT2D eigenvalue weighted by Gasteiger charge is -2.13. The minimum atomic E-state index is -0.369. The molecule has 1 unspecified atom stereocenters. The molecule has 4 nitrogen and oxygen atoms in total. The molecule has 2 rings (SSSR count). The van der Waals surface area contributed by atoms with Gasteiger partial charge in [0.05, 0.1) is 21.0 Å². The number of thioether (sulfide) groups is 1. The van der Waals surface area contributed by atoms with Crippen LogP contribution in [0.25, 0.3) is 0 Å². The van der Waals surface area contributed by atoms with Crippen molar-refractivity contribution in [1.82, 2.24) is 9.97 Å². The van der Waals surface area contributed by atoms with Crippen molar-refractivity contribution >= 4 is 46.6 Å². The maximum absolute atomic E-state index is 12.3. The molecular weight excluding hydrogens is 353 g/mol. The van der Waals surface area contributed by atoms with Gasteiger partial charge >= 0.3 is 0 Å². The summed E-state index contributed by atoms with van der Waals surface area (Å²) in [7, 11) is 0. The normalized spacial score (nSPS) is 12.1. The van der Waals surface area contributed by atoms with E-state index in [0.29, 0.717) is 20.9 Å². The summed E-state index contributed by atoms with van der Waals surface area (Å²) in [6.45, 7) is 7.65. The van der Waals surface area contributed by atoms with Gasteiger partial charge in [-0.1, -0.05) is 41.0 Å². The van der Waals surface area contributed by atoms with Crippen LogP contribution in [0.5, 0.6) is 0 Å². The highest BCUT2D eigenvalue weighted by molar-refractivity contribution is 8.00. The predicted octanol–water partition coefficient (Wildman–Crippen LogP) is 4.83. The molecule has 23 heavy (non-hydrogen) atoms. The second kappa shape index (κ2) is 7.51. The van der Waals surface area contributed by atoms with E-state index in [0.717, 1.165) is 17.0 Å². The second-order valence-corrected chi connectivity index (χ2v) is 7.25. The molecule has 2 aromatic rings. The summed E-state index contributed by atoms with van der Waals surface area (Å²) in [5, 5.41) is 3.73. The number of aryl methyl sites for hydroxylation is 2. The molecular formula is C16H17Cl2N3OS. The van der Waals surface area contributed by atoms with Gasteiger partial charge in [-0.2, -0.15) is 0 Å². The molecule has 0 aliphatic carbocycles. The van der Waals surface area contributed by atoms with Crippen molar-refractivity contribution in [1.29, 1.82) is 0 Å². The Morgan fingerprint density at radius 1 is 1.17 bits per heavy atom. The Morgan fingerprint density at radius 2 is 1.78 bits per heavy atom. The van der Waals surface area contributed by atoms with E-state index in [1.807, 2.05) is 20.8 Å². The zero-order chi connectivity index (χ0) is 17.1. The third-order valence-electron chi connectivity index (χ3n) is 3.47. The highest BCUT2D eigenvalue weighted by Crippen LogP contribution is 2.30. The van der Waals surface area contributed by atoms with E-state index in [1.54, 1.807) is 25.1 Å². The largest absolute Gasteiger partial charge is 0.324 e. The molecule has 1 aromatic carbocycles. The lowest BCUT2D eigenvalue weighted by Crippen LogP contribution is -2.23. The maximum Gasteiger partial charge on any atom is 0.237 e. The smallest absolute Gasteiger partial charge is 0.237 e. The molecule has 0 spiro atoms. The van der Waals surface area contributed by atoms with Gasteiger partial charge in [-0.25, -0.2) is 9.97 Å². The number of carbonyl (C=O) groups excluding carboxylic acids is 1. The van der Waals surface area contributed by atoms with Crippen LogP contribution in [-0.2, 0) is 4.79 Å². The third kappa shape index (κ3) is 4.37. The van der Waals surface area contributed by atoms with E-state index in [-0.39, 0.29) is 11.2 Å². The molecule has 0 aliphatic rings. The number of rotatable bonds is 4. The Hall–Kier alpha value is -1.30. The van der Waals surface area contributed by atoms with Gasteiger partial charge in [0, 0.05) is 11.4 Å². The summed E-state index contributed by atoms with van der Waals surface area (Å²) in [5.41, 5.74) is 3.40. The van der Waals surface area contributed by atoms with Crippen LogP contribution in [0.4, 0.5) is 5.69 Å². The van der Waals surface area contributed by atoms with Gasteiger partial charge in [-0.05, 0) is 45.4 Å². The van der Waals surface area contributed by atoms with E-state index in [4.69, 9.17) is 23.2 Å². The first kappa shape index (κ1) is 18.0. The molecule has 1 N–H and O–H groups in total. The Morgan fingerprint density at radius 3 is 2.39 bits per heavy atom. The van der Waals surface area contributed by atoms with Gasteiger partial charge in [0.2, 0.25) is 5.91 Å². The summed E-state index contributed by atoms with van der Waals surface area (Å²) >= 11 is 13.3. The van der Waals surface area contributed by atoms with Gasteiger partial charge in [-0.15, -0.1) is 0 Å². The summed E-state index contributed by atoms with van der Waals surface area (Å²) in [6, 6.07) is 5.11. The van der Waals surface area contributed by atoms with Crippen LogP contribution < -0.4 is 5.32 Å². The van der Waals surface area contributed by atoms with Gasteiger partial charge in [0.1, 0.15) is 0 Å². The van der Waals surface area contributed by atoms with Crippen molar-refractivity contribution in [2.45, 2.75) is 38.1 Å². The first-order valence-electron chi connectivity index (χ1n) is 7.03. The van der Waals surface area contributed by atoms with Crippen molar-refractivity contribution in [3.63, 3.8) is 0 Å². The van der Waals surface area contributed by atoms with Crippen LogP contribution in [0.2, 0.25) is 10.0 Å². The van der Waals surface area contributed by atoms with Crippen molar-refractivity contribution in [2.75, 3.05) is 5.32 Å². The zero-order valence-electron chi connectivity index (χ0n) is 13.3. The Balaban J connectivity index is 2.10. The van der Waals surface area contributed by atoms with Crippen molar-refractivity contribution in [2.24, 2.45) is 0 Å². The molecule has 0 aliphatic heterocycles. The van der Waals surface area contributed by atoms with Gasteiger partial charge in [-0.3, -0.25) is 4.79 Å². The van der Waals surface area contributed by atoms with Crippen LogP contribution in [-0.4, -0.2) is 21.1 Å². The minimum Gasteiger partial charge on any atom is -0.324 e. The SMILES string of the molecule is Cc1nc(SC(C)C(=O)Nc2cccc(Cl)c2Cl)nc(C)c1C. The number of carbonyl (C=O) groups is 1. The van der Waals surface area contributed by atoms with E-state index in [9.17, 15) is 4.79 Å². The predicted molar refractivity (Wildman–Crippen MR) is 96.7 cm³/mol. The number of nitrogens with one attached hydrogen (secondary N) is 1. The van der Waals surface area contributed by atoms with E-state index < -0.39 is 0 Å². The molecule has 1 heterocycles. The molecule has 1 amide bonds. The molecule has 1 aromatic heterocycles. The summed E-state index contributed by atoms with van der Waals surface area (Å²) in [6.07, 6.45) is 0. The number of anilines is 1. The number of hydrogen-bond donors (Lipinski definition) is 1. The van der Waals surface area contributed by atoms with Crippen LogP contribution in [0.1, 0.15) is 23.9 Å². The van der Waals surface area contributed by atoms with Crippen LogP contribution in [0, 0.1) is 20.8 Å². The first-order valence-corrected chi connectivity index (χ1v) is 8.66. The molecule has 7 heteroatoms. The number of hydrogen-bond acceptors (Lipinski definition) is 4. The lowest BCUT2D eigenvalue weighted by atomic mass is 10.2. The maximum atomic E-state index is 12.3. The quantitative estimate of drug-likeness (QED) is 0.619. The van der Waals surface area contributed by atoms with E-state index in [1.165, 1.54) is 11.8 Å². The number of benzene rings is 1. The average molecular weight is 370 g/mol. The fourth-order valence-corrected chi connectivity index (χ4v) is 3.05. The number of aromatic nitrogens is 2. The van der Waals surface area contributed by atoms with Gasteiger partial charge in [0.15, 0.2) is 5.16 Å². The van der Waals surface area contributed by atoms with Crippen molar-refractivity contribution < 1.29 is 4.79 Å². The van der Waals surface area contributed by atoms with Crippen molar-refractivity contribution in [3.05, 3.63) is 45.2 Å².